The number of pyridine rings is 1. The molecule has 2 nitrogen and oxygen atoms in total. The molecule has 19 heavy (non-hydrogen) atoms. The highest BCUT2D eigenvalue weighted by Gasteiger charge is 2.24. The summed E-state index contributed by atoms with van der Waals surface area (Å²) in [5, 5.41) is 9.74. The molecule has 0 N–H and O–H groups in total. The van der Waals surface area contributed by atoms with Crippen molar-refractivity contribution in [3.63, 3.8) is 0 Å². The number of aromatic nitrogens is 1. The third-order valence-corrected chi connectivity index (χ3v) is 4.09. The van der Waals surface area contributed by atoms with E-state index in [0.29, 0.717) is 5.56 Å². The van der Waals surface area contributed by atoms with E-state index in [2.05, 4.69) is 11.1 Å². The van der Waals surface area contributed by atoms with Crippen LogP contribution < -0.4 is 0 Å². The van der Waals surface area contributed by atoms with Crippen LogP contribution in [0.25, 0.3) is 0 Å². The van der Waals surface area contributed by atoms with Crippen LogP contribution in [-0.4, -0.2) is 4.98 Å². The van der Waals surface area contributed by atoms with E-state index in [-0.39, 0.29) is 20.4 Å². The Morgan fingerprint density at radius 3 is 1.95 bits per heavy atom. The summed E-state index contributed by atoms with van der Waals surface area (Å²) in [4.78, 5) is 3.80. The van der Waals surface area contributed by atoms with Crippen LogP contribution in [0.5, 0.6) is 0 Å². The van der Waals surface area contributed by atoms with Gasteiger partial charge in [0.25, 0.3) is 0 Å². The molecule has 1 heterocycles. The highest BCUT2D eigenvalue weighted by Crippen LogP contribution is 2.41. The van der Waals surface area contributed by atoms with Crippen molar-refractivity contribution in [3.8, 4) is 6.07 Å². The molecule has 0 fully saturated rings. The van der Waals surface area contributed by atoms with Crippen molar-refractivity contribution < 1.29 is 0 Å². The van der Waals surface area contributed by atoms with E-state index in [0.717, 1.165) is 5.56 Å². The molecule has 0 bridgehead atoms. The lowest BCUT2D eigenvalue weighted by atomic mass is 9.93. The molecule has 0 radical (unpaired) electrons. The van der Waals surface area contributed by atoms with Gasteiger partial charge in [-0.3, -0.25) is 0 Å². The van der Waals surface area contributed by atoms with E-state index in [1.54, 1.807) is 0 Å². The Kier molecular flexibility index (Phi) is 4.54. The summed E-state index contributed by atoms with van der Waals surface area (Å²) in [6, 6.07) is 11.3. The number of halogens is 4. The first-order chi connectivity index (χ1) is 9.06. The molecule has 1 unspecified atom stereocenters. The molecular formula is C13H6Cl4N2. The standard InChI is InChI=1S/C13H6Cl4N2/c14-10-9(11(15)13(17)19-12(10)16)8(6-18)7-4-2-1-3-5-7/h1-5,8H. The first-order valence-corrected chi connectivity index (χ1v) is 6.72. The van der Waals surface area contributed by atoms with Gasteiger partial charge >= 0.3 is 0 Å². The van der Waals surface area contributed by atoms with Crippen molar-refractivity contribution in [3.05, 3.63) is 61.8 Å². The van der Waals surface area contributed by atoms with Crippen molar-refractivity contribution in [1.82, 2.24) is 4.98 Å². The van der Waals surface area contributed by atoms with E-state index < -0.39 is 5.92 Å². The Hall–Kier alpha value is -0.980. The van der Waals surface area contributed by atoms with Crippen LogP contribution in [0.2, 0.25) is 20.4 Å². The fraction of sp³-hybridized carbons (Fsp3) is 0.0769. The Morgan fingerprint density at radius 1 is 0.947 bits per heavy atom. The Bertz CT molecular complexity index is 624. The molecule has 0 aliphatic rings. The number of nitrogens with zero attached hydrogens (tertiary/aromatic N) is 2. The summed E-state index contributed by atoms with van der Waals surface area (Å²) in [6.45, 7) is 0. The zero-order valence-electron chi connectivity index (χ0n) is 9.37. The minimum Gasteiger partial charge on any atom is -0.221 e. The van der Waals surface area contributed by atoms with Crippen molar-refractivity contribution >= 4 is 46.4 Å². The second kappa shape index (κ2) is 5.98. The van der Waals surface area contributed by atoms with Crippen LogP contribution >= 0.6 is 46.4 Å². The second-order valence-corrected chi connectivity index (χ2v) is 5.18. The van der Waals surface area contributed by atoms with E-state index in [4.69, 9.17) is 46.4 Å². The SMILES string of the molecule is N#CC(c1ccccc1)c1c(Cl)c(Cl)nc(Cl)c1Cl. The summed E-state index contributed by atoms with van der Waals surface area (Å²) in [6.07, 6.45) is 0. The Morgan fingerprint density at radius 2 is 1.47 bits per heavy atom. The van der Waals surface area contributed by atoms with E-state index in [1.165, 1.54) is 0 Å². The minimum absolute atomic E-state index is 0.0299. The van der Waals surface area contributed by atoms with Crippen LogP contribution in [-0.2, 0) is 0 Å². The van der Waals surface area contributed by atoms with Crippen molar-refractivity contribution in [2.45, 2.75) is 5.92 Å². The van der Waals surface area contributed by atoms with E-state index >= 15 is 0 Å². The summed E-state index contributed by atoms with van der Waals surface area (Å²) < 4.78 is 0. The van der Waals surface area contributed by atoms with Crippen LogP contribution in [0.1, 0.15) is 17.0 Å². The molecule has 0 aliphatic heterocycles. The van der Waals surface area contributed by atoms with Gasteiger partial charge in [0, 0.05) is 5.56 Å². The summed E-state index contributed by atoms with van der Waals surface area (Å²) in [7, 11) is 0. The highest BCUT2D eigenvalue weighted by atomic mass is 35.5. The monoisotopic (exact) mass is 330 g/mol. The van der Waals surface area contributed by atoms with Crippen LogP contribution in [0, 0.1) is 11.3 Å². The summed E-state index contributed by atoms with van der Waals surface area (Å²) in [5.74, 6) is -0.654. The van der Waals surface area contributed by atoms with Crippen molar-refractivity contribution in [2.24, 2.45) is 0 Å². The molecule has 2 rings (SSSR count). The summed E-state index contributed by atoms with van der Waals surface area (Å²) in [5.41, 5.74) is 1.13. The average molecular weight is 332 g/mol. The highest BCUT2D eigenvalue weighted by molar-refractivity contribution is 6.46. The average Bonchev–Trinajstić information content (AvgIpc) is 2.42. The van der Waals surface area contributed by atoms with Gasteiger partial charge in [-0.05, 0) is 5.56 Å². The predicted octanol–water partition coefficient (Wildman–Crippen LogP) is 5.35. The van der Waals surface area contributed by atoms with Gasteiger partial charge in [-0.25, -0.2) is 4.98 Å². The third kappa shape index (κ3) is 2.80. The molecule has 0 amide bonds. The molecule has 6 heteroatoms. The normalized spacial score (nSPS) is 11.9. The predicted molar refractivity (Wildman–Crippen MR) is 78.2 cm³/mol. The third-order valence-electron chi connectivity index (χ3n) is 2.58. The Balaban J connectivity index is 2.67. The van der Waals surface area contributed by atoms with Gasteiger partial charge in [0.15, 0.2) is 0 Å². The number of rotatable bonds is 2. The first-order valence-electron chi connectivity index (χ1n) is 5.20. The first kappa shape index (κ1) is 14.4. The van der Waals surface area contributed by atoms with Gasteiger partial charge in [-0.15, -0.1) is 0 Å². The smallest absolute Gasteiger partial charge is 0.149 e. The molecule has 0 aliphatic carbocycles. The van der Waals surface area contributed by atoms with E-state index in [9.17, 15) is 5.26 Å². The maximum Gasteiger partial charge on any atom is 0.149 e. The van der Waals surface area contributed by atoms with Gasteiger partial charge in [0.1, 0.15) is 10.3 Å². The zero-order chi connectivity index (χ0) is 14.0. The fourth-order valence-corrected chi connectivity index (χ4v) is 2.66. The quantitative estimate of drug-likeness (QED) is 0.695. The lowest BCUT2D eigenvalue weighted by molar-refractivity contribution is 1.03. The van der Waals surface area contributed by atoms with Gasteiger partial charge in [-0.1, -0.05) is 76.7 Å². The van der Waals surface area contributed by atoms with Gasteiger partial charge in [0.05, 0.1) is 22.0 Å². The minimum atomic E-state index is -0.654. The molecule has 0 saturated heterocycles. The molecule has 1 atom stereocenters. The zero-order valence-corrected chi connectivity index (χ0v) is 12.4. The molecule has 0 spiro atoms. The lowest BCUT2D eigenvalue weighted by Crippen LogP contribution is -2.02. The van der Waals surface area contributed by atoms with Crippen molar-refractivity contribution in [1.29, 1.82) is 5.26 Å². The van der Waals surface area contributed by atoms with Gasteiger partial charge < -0.3 is 0 Å². The molecular weight excluding hydrogens is 326 g/mol. The molecule has 0 saturated carbocycles. The maximum absolute atomic E-state index is 9.39. The maximum atomic E-state index is 9.39. The topological polar surface area (TPSA) is 36.7 Å². The largest absolute Gasteiger partial charge is 0.221 e. The number of hydrogen-bond donors (Lipinski definition) is 0. The molecule has 96 valence electrons. The van der Waals surface area contributed by atoms with Crippen LogP contribution in [0.3, 0.4) is 0 Å². The van der Waals surface area contributed by atoms with Crippen LogP contribution in [0.4, 0.5) is 0 Å². The lowest BCUT2D eigenvalue weighted by Gasteiger charge is -2.15. The van der Waals surface area contributed by atoms with Gasteiger partial charge in [-0.2, -0.15) is 5.26 Å². The molecule has 1 aromatic heterocycles. The van der Waals surface area contributed by atoms with E-state index in [1.807, 2.05) is 30.3 Å². The fourth-order valence-electron chi connectivity index (χ4n) is 1.71. The summed E-state index contributed by atoms with van der Waals surface area (Å²) >= 11 is 24.0. The molecule has 2 aromatic rings. The number of hydrogen-bond acceptors (Lipinski definition) is 2. The van der Waals surface area contributed by atoms with Crippen molar-refractivity contribution in [2.75, 3.05) is 0 Å². The number of nitriles is 1. The number of benzene rings is 1. The second-order valence-electron chi connectivity index (χ2n) is 3.71. The van der Waals surface area contributed by atoms with Gasteiger partial charge in [0.2, 0.25) is 0 Å². The van der Waals surface area contributed by atoms with Crippen LogP contribution in [0.15, 0.2) is 30.3 Å². The Labute approximate surface area is 130 Å². The molecule has 1 aromatic carbocycles.